The molecule has 0 saturated heterocycles. The maximum Gasteiger partial charge on any atom is 0.361 e. The first-order valence-corrected chi connectivity index (χ1v) is 33.9. The average molecular weight is 1150 g/mol. The van der Waals surface area contributed by atoms with Crippen LogP contribution in [0.4, 0.5) is 0 Å². The lowest BCUT2D eigenvalue weighted by Crippen LogP contribution is -2.40. The van der Waals surface area contributed by atoms with Gasteiger partial charge in [0.2, 0.25) is 0 Å². The number of carbonyl (C=O) groups excluding carboxylic acids is 2. The number of aliphatic carboxylic acids is 1. The van der Waals surface area contributed by atoms with Gasteiger partial charge in [0.05, 0.1) is 34.4 Å². The summed E-state index contributed by atoms with van der Waals surface area (Å²) in [6.45, 7) is 4.78. The lowest BCUT2D eigenvalue weighted by atomic mass is 10.0. The number of quaternary nitrogens is 1. The molecule has 2 atom stereocenters. The quantitative estimate of drug-likeness (QED) is 0.0211. The molecular formula is C73H128NO8+. The molecule has 0 saturated carbocycles. The van der Waals surface area contributed by atoms with Crippen molar-refractivity contribution in [1.29, 1.82) is 0 Å². The standard InChI is InChI=1S/C73H127NO8/c1-6-8-10-12-14-16-18-20-22-24-26-28-30-32-33-34-35-36-37-38-39-40-42-44-46-48-50-52-54-56-58-60-62-64-71(76)82-69(68-81-73(72(77)78)79-66-65-74(3,4)5)67-80-70(75)63-61-59-57-55-53-51-49-47-45-43-41-31-29-27-25-23-21-19-17-15-13-11-9-7-2/h8,10,14,16,20,22,26,28,32-33,35-36,38-39,42,44,69,73H,6-7,9,11-13,15,17-19,21,23-25,27,29-31,34,37,40-41,43,45-68H2,1-5H3/p+1/b10-8-,16-14-,22-20-,28-26-,33-32-,36-35-,39-38-,44-42-. The van der Waals surface area contributed by atoms with Crippen LogP contribution in [-0.4, -0.2) is 87.4 Å². The Morgan fingerprint density at radius 1 is 0.378 bits per heavy atom. The van der Waals surface area contributed by atoms with Gasteiger partial charge in [-0.05, 0) is 77.0 Å². The van der Waals surface area contributed by atoms with Crippen molar-refractivity contribution in [2.45, 2.75) is 302 Å². The summed E-state index contributed by atoms with van der Waals surface area (Å²) in [4.78, 5) is 37.6. The highest BCUT2D eigenvalue weighted by molar-refractivity contribution is 5.71. The zero-order valence-electron chi connectivity index (χ0n) is 53.9. The molecule has 0 aliphatic carbocycles. The van der Waals surface area contributed by atoms with Crippen molar-refractivity contribution in [2.75, 3.05) is 47.5 Å². The van der Waals surface area contributed by atoms with Gasteiger partial charge < -0.3 is 28.5 Å². The Labute approximate surface area is 505 Å². The Morgan fingerprint density at radius 2 is 0.695 bits per heavy atom. The van der Waals surface area contributed by atoms with Crippen LogP contribution in [0.25, 0.3) is 0 Å². The predicted octanol–water partition coefficient (Wildman–Crippen LogP) is 20.9. The van der Waals surface area contributed by atoms with Crippen LogP contribution in [0.1, 0.15) is 290 Å². The smallest absolute Gasteiger partial charge is 0.361 e. The van der Waals surface area contributed by atoms with Gasteiger partial charge in [-0.1, -0.05) is 297 Å². The third-order valence-electron chi connectivity index (χ3n) is 14.6. The van der Waals surface area contributed by atoms with Gasteiger partial charge in [-0.25, -0.2) is 4.79 Å². The number of esters is 2. The van der Waals surface area contributed by atoms with Crippen LogP contribution in [0.5, 0.6) is 0 Å². The summed E-state index contributed by atoms with van der Waals surface area (Å²) in [6, 6.07) is 0. The largest absolute Gasteiger partial charge is 0.477 e. The van der Waals surface area contributed by atoms with Crippen LogP contribution in [0.2, 0.25) is 0 Å². The van der Waals surface area contributed by atoms with Crippen molar-refractivity contribution in [3.63, 3.8) is 0 Å². The number of hydrogen-bond donors (Lipinski definition) is 1. The van der Waals surface area contributed by atoms with Gasteiger partial charge in [-0.15, -0.1) is 0 Å². The second-order valence-electron chi connectivity index (χ2n) is 23.8. The van der Waals surface area contributed by atoms with Gasteiger partial charge in [0, 0.05) is 12.8 Å². The maximum absolute atomic E-state index is 12.9. The molecule has 0 radical (unpaired) electrons. The fraction of sp³-hybridized carbons (Fsp3) is 0.740. The summed E-state index contributed by atoms with van der Waals surface area (Å²) in [7, 11) is 5.97. The molecule has 9 nitrogen and oxygen atoms in total. The van der Waals surface area contributed by atoms with Crippen molar-refractivity contribution in [1.82, 2.24) is 0 Å². The third kappa shape index (κ3) is 63.8. The fourth-order valence-corrected chi connectivity index (χ4v) is 9.44. The number of hydrogen-bond acceptors (Lipinski definition) is 7. The normalized spacial score (nSPS) is 13.3. The molecule has 1 N–H and O–H groups in total. The molecule has 0 rings (SSSR count). The molecule has 0 fully saturated rings. The maximum atomic E-state index is 12.9. The topological polar surface area (TPSA) is 108 Å². The molecule has 0 heterocycles. The van der Waals surface area contributed by atoms with E-state index in [-0.39, 0.29) is 32.2 Å². The minimum absolute atomic E-state index is 0.183. The highest BCUT2D eigenvalue weighted by atomic mass is 16.7. The average Bonchev–Trinajstić information content (AvgIpc) is 3.45. The summed E-state index contributed by atoms with van der Waals surface area (Å²) < 4.78 is 23.0. The molecule has 472 valence electrons. The van der Waals surface area contributed by atoms with Gasteiger partial charge in [0.15, 0.2) is 6.10 Å². The molecular weight excluding hydrogens is 1020 g/mol. The van der Waals surface area contributed by atoms with Crippen molar-refractivity contribution < 1.29 is 42.9 Å². The first kappa shape index (κ1) is 78.2. The van der Waals surface area contributed by atoms with E-state index in [2.05, 4.69) is 111 Å². The summed E-state index contributed by atoms with van der Waals surface area (Å²) in [6.07, 6.45) is 83.6. The van der Waals surface area contributed by atoms with Gasteiger partial charge >= 0.3 is 17.9 Å². The molecule has 0 aromatic heterocycles. The molecule has 0 aromatic carbocycles. The molecule has 9 heteroatoms. The van der Waals surface area contributed by atoms with Crippen molar-refractivity contribution in [2.24, 2.45) is 0 Å². The lowest BCUT2D eigenvalue weighted by Gasteiger charge is -2.25. The van der Waals surface area contributed by atoms with E-state index in [0.29, 0.717) is 23.9 Å². The van der Waals surface area contributed by atoms with E-state index in [1.807, 2.05) is 21.1 Å². The number of carboxylic acids is 1. The van der Waals surface area contributed by atoms with Crippen LogP contribution < -0.4 is 0 Å². The second-order valence-corrected chi connectivity index (χ2v) is 23.8. The van der Waals surface area contributed by atoms with E-state index < -0.39 is 24.3 Å². The summed E-state index contributed by atoms with van der Waals surface area (Å²) in [5.74, 6) is -2.01. The summed E-state index contributed by atoms with van der Waals surface area (Å²) >= 11 is 0. The Morgan fingerprint density at radius 3 is 1.04 bits per heavy atom. The molecule has 0 aromatic rings. The molecule has 0 spiro atoms. The van der Waals surface area contributed by atoms with E-state index in [1.165, 1.54) is 161 Å². The minimum atomic E-state index is -1.52. The number of carboxylic acid groups (broad SMARTS) is 1. The number of nitrogens with zero attached hydrogens (tertiary/aromatic N) is 1. The van der Waals surface area contributed by atoms with Gasteiger partial charge in [-0.2, -0.15) is 0 Å². The Balaban J connectivity index is 4.18. The zero-order valence-corrected chi connectivity index (χ0v) is 53.9. The van der Waals surface area contributed by atoms with Crippen LogP contribution in [-0.2, 0) is 33.3 Å². The SMILES string of the molecule is CC/C=C\C/C=C\C/C=C\C/C=C\C/C=C\C/C=C\C/C=C\C/C=C\CCCCCCCCCCC(=O)OC(COC(=O)CCCCCCCCCCCCCCCCCCCCCCCCCC)COC(OCC[N+](C)(C)C)C(=O)O. The zero-order chi connectivity index (χ0) is 59.8. The van der Waals surface area contributed by atoms with Crippen molar-refractivity contribution in [3.8, 4) is 0 Å². The Bertz CT molecular complexity index is 1670. The fourth-order valence-electron chi connectivity index (χ4n) is 9.44. The van der Waals surface area contributed by atoms with E-state index in [9.17, 15) is 19.5 Å². The second kappa shape index (κ2) is 63.2. The molecule has 82 heavy (non-hydrogen) atoms. The van der Waals surface area contributed by atoms with Crippen LogP contribution in [0.3, 0.4) is 0 Å². The van der Waals surface area contributed by atoms with Crippen molar-refractivity contribution in [3.05, 3.63) is 97.2 Å². The molecule has 0 aliphatic heterocycles. The van der Waals surface area contributed by atoms with Gasteiger partial charge in [0.25, 0.3) is 6.29 Å². The molecule has 0 amide bonds. The lowest BCUT2D eigenvalue weighted by molar-refractivity contribution is -0.870. The predicted molar refractivity (Wildman–Crippen MR) is 350 cm³/mol. The van der Waals surface area contributed by atoms with Crippen molar-refractivity contribution >= 4 is 17.9 Å². The van der Waals surface area contributed by atoms with Gasteiger partial charge in [-0.3, -0.25) is 9.59 Å². The molecule has 0 bridgehead atoms. The number of ether oxygens (including phenoxy) is 4. The summed E-state index contributed by atoms with van der Waals surface area (Å²) in [5.41, 5.74) is 0. The minimum Gasteiger partial charge on any atom is -0.477 e. The highest BCUT2D eigenvalue weighted by Gasteiger charge is 2.25. The molecule has 2 unspecified atom stereocenters. The Kier molecular flexibility index (Phi) is 60.3. The third-order valence-corrected chi connectivity index (χ3v) is 14.6. The number of likely N-dealkylation sites (N-methyl/N-ethyl adjacent to an activating group) is 1. The van der Waals surface area contributed by atoms with E-state index in [0.717, 1.165) is 96.3 Å². The van der Waals surface area contributed by atoms with Gasteiger partial charge in [0.1, 0.15) is 13.2 Å². The van der Waals surface area contributed by atoms with Crippen LogP contribution in [0, 0.1) is 0 Å². The first-order chi connectivity index (χ1) is 40.1. The summed E-state index contributed by atoms with van der Waals surface area (Å²) in [5, 5.41) is 9.74. The number of allylic oxidation sites excluding steroid dienone is 16. The van der Waals surface area contributed by atoms with Crippen LogP contribution >= 0.6 is 0 Å². The first-order valence-electron chi connectivity index (χ1n) is 33.9. The highest BCUT2D eigenvalue weighted by Crippen LogP contribution is 2.17. The van der Waals surface area contributed by atoms with Crippen LogP contribution in [0.15, 0.2) is 97.2 Å². The number of unbranched alkanes of at least 4 members (excludes halogenated alkanes) is 31. The van der Waals surface area contributed by atoms with E-state index in [1.54, 1.807) is 0 Å². The monoisotopic (exact) mass is 1150 g/mol. The van der Waals surface area contributed by atoms with E-state index >= 15 is 0 Å². The Hall–Kier alpha value is -3.79. The molecule has 0 aliphatic rings. The number of rotatable bonds is 62. The van der Waals surface area contributed by atoms with E-state index in [4.69, 9.17) is 18.9 Å². The number of carbonyl (C=O) groups is 3.